The molecule has 0 aliphatic carbocycles. The van der Waals surface area contributed by atoms with Gasteiger partial charge in [-0.2, -0.15) is 0 Å². The Morgan fingerprint density at radius 3 is 2.35 bits per heavy atom. The van der Waals surface area contributed by atoms with Crippen LogP contribution in [0.15, 0.2) is 54.6 Å². The van der Waals surface area contributed by atoms with Crippen LogP contribution in [-0.2, 0) is 5.41 Å². The molecule has 1 heterocycles. The van der Waals surface area contributed by atoms with Crippen LogP contribution in [0.25, 0.3) is 6.08 Å². The monoisotopic (exact) mass is 264 g/mol. The molecule has 2 aromatic carbocycles. The zero-order valence-electron chi connectivity index (χ0n) is 11.7. The first-order valence-electron chi connectivity index (χ1n) is 6.78. The molecular weight excluding hydrogens is 246 g/mol. The molecule has 0 radical (unpaired) electrons. The van der Waals surface area contributed by atoms with Gasteiger partial charge in [-0.1, -0.05) is 30.3 Å². The van der Waals surface area contributed by atoms with Gasteiger partial charge in [0, 0.05) is 17.7 Å². The van der Waals surface area contributed by atoms with Crippen molar-refractivity contribution >= 4 is 17.5 Å². The second-order valence-corrected chi connectivity index (χ2v) is 5.63. The largest absolute Gasteiger partial charge is 0.508 e. The van der Waals surface area contributed by atoms with E-state index in [0.29, 0.717) is 5.75 Å². The van der Waals surface area contributed by atoms with E-state index in [1.54, 1.807) is 12.1 Å². The third kappa shape index (κ3) is 2.14. The number of para-hydroxylation sites is 1. The van der Waals surface area contributed by atoms with E-state index in [4.69, 9.17) is 0 Å². The number of rotatable bonds is 2. The molecule has 0 saturated heterocycles. The van der Waals surface area contributed by atoms with E-state index in [2.05, 4.69) is 55.3 Å². The summed E-state index contributed by atoms with van der Waals surface area (Å²) in [5, 5.41) is 9.30. The van der Waals surface area contributed by atoms with E-state index in [-0.39, 0.29) is 5.41 Å². The third-order valence-electron chi connectivity index (χ3n) is 3.88. The molecule has 0 atom stereocenters. The summed E-state index contributed by atoms with van der Waals surface area (Å²) < 4.78 is 0. The molecule has 0 amide bonds. The van der Waals surface area contributed by atoms with Crippen LogP contribution >= 0.6 is 0 Å². The van der Waals surface area contributed by atoms with Crippen LogP contribution in [0, 0.1) is 0 Å². The van der Waals surface area contributed by atoms with E-state index in [1.807, 2.05) is 12.1 Å². The molecule has 0 fully saturated rings. The average molecular weight is 264 g/mol. The lowest BCUT2D eigenvalue weighted by Crippen LogP contribution is -2.65. The molecule has 100 valence electrons. The van der Waals surface area contributed by atoms with Crippen LogP contribution in [0.4, 0.5) is 5.69 Å². The lowest BCUT2D eigenvalue weighted by molar-refractivity contribution is -0.349. The second-order valence-electron chi connectivity index (χ2n) is 5.63. The van der Waals surface area contributed by atoms with Crippen LogP contribution in [0.5, 0.6) is 5.75 Å². The van der Waals surface area contributed by atoms with Gasteiger partial charge in [0.15, 0.2) is 5.71 Å². The summed E-state index contributed by atoms with van der Waals surface area (Å²) in [5.74, 6) is 0.293. The van der Waals surface area contributed by atoms with Crippen molar-refractivity contribution in [3.8, 4) is 5.75 Å². The Morgan fingerprint density at radius 2 is 1.65 bits per heavy atom. The zero-order chi connectivity index (χ0) is 14.2. The maximum absolute atomic E-state index is 9.30. The summed E-state index contributed by atoms with van der Waals surface area (Å²) in [7, 11) is 0. The molecule has 0 bridgehead atoms. The molecule has 1 aliphatic heterocycles. The first kappa shape index (κ1) is 12.7. The number of allylic oxidation sites excluding steroid dienone is 1. The minimum atomic E-state index is -0.00991. The predicted molar refractivity (Wildman–Crippen MR) is 82.2 cm³/mol. The normalized spacial score (nSPS) is 16.2. The molecule has 1 aliphatic rings. The lowest BCUT2D eigenvalue weighted by atomic mass is 9.81. The van der Waals surface area contributed by atoms with Crippen LogP contribution in [0.1, 0.15) is 25.0 Å². The first-order chi connectivity index (χ1) is 9.57. The van der Waals surface area contributed by atoms with Gasteiger partial charge in [0.1, 0.15) is 5.75 Å². The summed E-state index contributed by atoms with van der Waals surface area (Å²) in [4.78, 5) is 3.49. The highest BCUT2D eigenvalue weighted by atomic mass is 16.3. The molecule has 0 saturated carbocycles. The number of hydrogen-bond donors (Lipinski definition) is 2. The summed E-state index contributed by atoms with van der Waals surface area (Å²) >= 11 is 0. The van der Waals surface area contributed by atoms with Crippen molar-refractivity contribution < 1.29 is 10.1 Å². The fourth-order valence-corrected chi connectivity index (χ4v) is 2.60. The van der Waals surface area contributed by atoms with Crippen LogP contribution in [0.2, 0.25) is 0 Å². The number of phenolic OH excluding ortho intramolecular Hbond substituents is 1. The van der Waals surface area contributed by atoms with Gasteiger partial charge in [-0.15, -0.1) is 0 Å². The highest BCUT2D eigenvalue weighted by Gasteiger charge is 2.39. The van der Waals surface area contributed by atoms with E-state index < -0.39 is 0 Å². The molecule has 2 N–H and O–H groups in total. The Hall–Kier alpha value is -2.35. The minimum Gasteiger partial charge on any atom is -0.508 e. The van der Waals surface area contributed by atoms with Crippen molar-refractivity contribution in [2.75, 3.05) is 0 Å². The lowest BCUT2D eigenvalue weighted by Gasteiger charge is -2.14. The first-order valence-corrected chi connectivity index (χ1v) is 6.78. The number of nitrogens with one attached hydrogen (secondary N) is 1. The summed E-state index contributed by atoms with van der Waals surface area (Å²) in [6.07, 6.45) is 4.18. The Kier molecular flexibility index (Phi) is 2.94. The molecule has 20 heavy (non-hydrogen) atoms. The van der Waals surface area contributed by atoms with Gasteiger partial charge in [-0.3, -0.25) is 0 Å². The van der Waals surface area contributed by atoms with Crippen molar-refractivity contribution in [2.45, 2.75) is 19.3 Å². The maximum Gasteiger partial charge on any atom is 0.208 e. The molecule has 2 heteroatoms. The number of phenols is 1. The van der Waals surface area contributed by atoms with Crippen LogP contribution in [0.3, 0.4) is 0 Å². The fourth-order valence-electron chi connectivity index (χ4n) is 2.60. The molecule has 0 aromatic heterocycles. The van der Waals surface area contributed by atoms with Gasteiger partial charge >= 0.3 is 0 Å². The molecule has 2 nitrogen and oxygen atoms in total. The predicted octanol–water partition coefficient (Wildman–Crippen LogP) is 2.55. The number of fused-ring (bicyclic) bond motifs is 1. The fraction of sp³-hybridized carbons (Fsp3) is 0.167. The number of benzene rings is 2. The molecule has 0 spiro atoms. The maximum atomic E-state index is 9.30. The minimum absolute atomic E-state index is 0.00991. The summed E-state index contributed by atoms with van der Waals surface area (Å²) in [6, 6.07) is 15.6. The van der Waals surface area contributed by atoms with Crippen LogP contribution < -0.4 is 4.99 Å². The van der Waals surface area contributed by atoms with Gasteiger partial charge in [-0.25, -0.2) is 4.99 Å². The van der Waals surface area contributed by atoms with Crippen molar-refractivity contribution in [1.29, 1.82) is 0 Å². The highest BCUT2D eigenvalue weighted by molar-refractivity contribution is 6.04. The quantitative estimate of drug-likeness (QED) is 0.859. The summed E-state index contributed by atoms with van der Waals surface area (Å²) in [6.45, 7) is 4.45. The number of hydrogen-bond acceptors (Lipinski definition) is 1. The van der Waals surface area contributed by atoms with Crippen molar-refractivity contribution in [2.24, 2.45) is 0 Å². The number of aromatic hydroxyl groups is 1. The smallest absolute Gasteiger partial charge is 0.208 e. The van der Waals surface area contributed by atoms with Gasteiger partial charge in [0.05, 0.1) is 5.41 Å². The molecule has 0 unspecified atom stereocenters. The van der Waals surface area contributed by atoms with Crippen LogP contribution in [-0.4, -0.2) is 10.8 Å². The highest BCUT2D eigenvalue weighted by Crippen LogP contribution is 2.31. The standard InChI is InChI=1S/C18H17NO/c1-18(2)15-5-3-4-6-16(15)19-17(18)12-9-13-7-10-14(20)11-8-13/h3-12,20H,1-2H3/p+1/b12-9+. The van der Waals surface area contributed by atoms with E-state index >= 15 is 0 Å². The van der Waals surface area contributed by atoms with E-state index in [0.717, 1.165) is 5.56 Å². The van der Waals surface area contributed by atoms with Crippen molar-refractivity contribution in [3.05, 3.63) is 65.7 Å². The van der Waals surface area contributed by atoms with Gasteiger partial charge in [-0.05, 0) is 37.6 Å². The molecule has 2 aromatic rings. The van der Waals surface area contributed by atoms with Gasteiger partial charge in [0.2, 0.25) is 5.69 Å². The third-order valence-corrected chi connectivity index (χ3v) is 3.88. The molecular formula is C18H18NO+. The van der Waals surface area contributed by atoms with Crippen molar-refractivity contribution in [1.82, 2.24) is 0 Å². The second kappa shape index (κ2) is 4.64. The van der Waals surface area contributed by atoms with Crippen molar-refractivity contribution in [3.63, 3.8) is 0 Å². The SMILES string of the molecule is CC1(C)C(/C=C/c2ccc(O)cc2)=[NH+]c2ccccc21. The van der Waals surface area contributed by atoms with E-state index in [1.165, 1.54) is 17.0 Å². The summed E-state index contributed by atoms with van der Waals surface area (Å²) in [5.41, 5.74) is 4.76. The molecule has 3 rings (SSSR count). The average Bonchev–Trinajstić information content (AvgIpc) is 2.70. The van der Waals surface area contributed by atoms with Gasteiger partial charge in [0.25, 0.3) is 0 Å². The Morgan fingerprint density at radius 1 is 0.950 bits per heavy atom. The van der Waals surface area contributed by atoms with Gasteiger partial charge < -0.3 is 5.11 Å². The Labute approximate surface area is 119 Å². The Bertz CT molecular complexity index is 694. The topological polar surface area (TPSA) is 34.2 Å². The zero-order valence-corrected chi connectivity index (χ0v) is 11.7. The van der Waals surface area contributed by atoms with E-state index in [9.17, 15) is 5.11 Å². The Balaban J connectivity index is 1.91.